The van der Waals surface area contributed by atoms with Gasteiger partial charge < -0.3 is 10.2 Å². The van der Waals surface area contributed by atoms with E-state index in [4.69, 9.17) is 0 Å². The molecule has 1 aromatic carbocycles. The molecule has 1 aliphatic heterocycles. The predicted octanol–water partition coefficient (Wildman–Crippen LogP) is 3.00. The third-order valence-corrected chi connectivity index (χ3v) is 4.37. The summed E-state index contributed by atoms with van der Waals surface area (Å²) in [6.45, 7) is 3.01. The van der Waals surface area contributed by atoms with Crippen LogP contribution in [0.5, 0.6) is 0 Å². The van der Waals surface area contributed by atoms with Crippen LogP contribution in [-0.2, 0) is 13.0 Å². The van der Waals surface area contributed by atoms with Crippen LogP contribution in [-0.4, -0.2) is 27.4 Å². The van der Waals surface area contributed by atoms with Crippen molar-refractivity contribution in [3.63, 3.8) is 0 Å². The highest BCUT2D eigenvalue weighted by atomic mass is 16.2. The lowest BCUT2D eigenvalue weighted by Gasteiger charge is -2.17. The third kappa shape index (κ3) is 3.26. The first-order valence-corrected chi connectivity index (χ1v) is 8.60. The summed E-state index contributed by atoms with van der Waals surface area (Å²) in [7, 11) is 0. The molecule has 1 amide bonds. The molecule has 0 saturated heterocycles. The summed E-state index contributed by atoms with van der Waals surface area (Å²) in [4.78, 5) is 27.8. The minimum Gasteiger partial charge on any atom is -0.364 e. The summed E-state index contributed by atoms with van der Waals surface area (Å²) in [5.41, 5.74) is 3.47. The number of aryl methyl sites for hydroxylation is 1. The number of fused-ring (bicyclic) bond motifs is 1. The van der Waals surface area contributed by atoms with E-state index in [9.17, 15) is 4.79 Å². The van der Waals surface area contributed by atoms with Gasteiger partial charge in [0, 0.05) is 24.5 Å². The Balaban J connectivity index is 1.55. The Bertz CT molecular complexity index is 942. The zero-order valence-electron chi connectivity index (χ0n) is 14.5. The zero-order valence-corrected chi connectivity index (χ0v) is 14.5. The number of para-hydroxylation sites is 1. The highest BCUT2D eigenvalue weighted by molar-refractivity contribution is 6.06. The number of rotatable bonds is 4. The van der Waals surface area contributed by atoms with Crippen molar-refractivity contribution in [3.8, 4) is 0 Å². The van der Waals surface area contributed by atoms with Crippen LogP contribution in [0.3, 0.4) is 0 Å². The van der Waals surface area contributed by atoms with Crippen LogP contribution in [0.25, 0.3) is 0 Å². The van der Waals surface area contributed by atoms with Gasteiger partial charge in [-0.25, -0.2) is 9.97 Å². The highest BCUT2D eigenvalue weighted by Crippen LogP contribution is 2.28. The summed E-state index contributed by atoms with van der Waals surface area (Å²) in [5.74, 6) is 1.09. The number of hydrogen-bond donors (Lipinski definition) is 1. The normalized spacial score (nSPS) is 12.7. The topological polar surface area (TPSA) is 71.0 Å². The predicted molar refractivity (Wildman–Crippen MR) is 100 cm³/mol. The van der Waals surface area contributed by atoms with Crippen molar-refractivity contribution in [1.29, 1.82) is 0 Å². The van der Waals surface area contributed by atoms with Gasteiger partial charge in [0.05, 0.1) is 12.2 Å². The van der Waals surface area contributed by atoms with Crippen molar-refractivity contribution < 1.29 is 4.79 Å². The number of pyridine rings is 1. The van der Waals surface area contributed by atoms with E-state index in [1.807, 2.05) is 36.4 Å². The van der Waals surface area contributed by atoms with Crippen molar-refractivity contribution in [2.24, 2.45) is 0 Å². The van der Waals surface area contributed by atoms with Crippen LogP contribution in [0.2, 0.25) is 0 Å². The maximum Gasteiger partial charge on any atom is 0.277 e. The number of carbonyl (C=O) groups is 1. The molecule has 1 N–H and O–H groups in total. The van der Waals surface area contributed by atoms with Crippen molar-refractivity contribution in [2.45, 2.75) is 19.9 Å². The smallest absolute Gasteiger partial charge is 0.277 e. The van der Waals surface area contributed by atoms with E-state index >= 15 is 0 Å². The minimum atomic E-state index is -0.0960. The number of nitrogens with one attached hydrogen (secondary N) is 1. The Labute approximate surface area is 151 Å². The molecule has 1 aliphatic rings. The molecule has 3 aromatic rings. The Morgan fingerprint density at radius 2 is 2.00 bits per heavy atom. The Kier molecular flexibility index (Phi) is 4.31. The van der Waals surface area contributed by atoms with Crippen LogP contribution in [0.15, 0.2) is 54.7 Å². The van der Waals surface area contributed by atoms with Crippen LogP contribution >= 0.6 is 0 Å². The second-order valence-corrected chi connectivity index (χ2v) is 6.20. The van der Waals surface area contributed by atoms with E-state index in [2.05, 4.69) is 26.3 Å². The lowest BCUT2D eigenvalue weighted by atomic mass is 10.2. The molecule has 26 heavy (non-hydrogen) atoms. The van der Waals surface area contributed by atoms with Crippen molar-refractivity contribution in [3.05, 3.63) is 77.5 Å². The van der Waals surface area contributed by atoms with E-state index in [1.54, 1.807) is 24.1 Å². The molecule has 0 atom stereocenters. The molecule has 6 heteroatoms. The molecular formula is C20H19N5O. The Hall–Kier alpha value is -3.28. The maximum absolute atomic E-state index is 13.0. The van der Waals surface area contributed by atoms with Gasteiger partial charge in [-0.1, -0.05) is 24.3 Å². The average molecular weight is 345 g/mol. The maximum atomic E-state index is 13.0. The molecule has 2 aromatic heterocycles. The first kappa shape index (κ1) is 16.2. The fourth-order valence-corrected chi connectivity index (χ4v) is 3.14. The lowest BCUT2D eigenvalue weighted by Crippen LogP contribution is -2.30. The monoisotopic (exact) mass is 345 g/mol. The van der Waals surface area contributed by atoms with Gasteiger partial charge in [0.15, 0.2) is 0 Å². The second kappa shape index (κ2) is 6.92. The standard InChI is InChI=1S/C20H19N5O/c1-14-23-17(12-19(24-14)22-13-16-7-4-5-10-21-16)20(26)25-11-9-15-6-2-3-8-18(15)25/h2-8,10,12H,9,11,13H2,1H3,(H,22,23,24). The van der Waals surface area contributed by atoms with Crippen LogP contribution < -0.4 is 10.2 Å². The zero-order chi connectivity index (χ0) is 17.9. The first-order valence-electron chi connectivity index (χ1n) is 8.60. The Morgan fingerprint density at radius 3 is 2.85 bits per heavy atom. The van der Waals surface area contributed by atoms with Gasteiger partial charge in [0.1, 0.15) is 17.3 Å². The lowest BCUT2D eigenvalue weighted by molar-refractivity contribution is 0.0984. The molecule has 6 nitrogen and oxygen atoms in total. The first-order chi connectivity index (χ1) is 12.7. The number of amides is 1. The molecule has 0 saturated carbocycles. The molecule has 0 fully saturated rings. The molecule has 0 aliphatic carbocycles. The van der Waals surface area contributed by atoms with Crippen molar-refractivity contribution >= 4 is 17.4 Å². The molecule has 130 valence electrons. The van der Waals surface area contributed by atoms with Gasteiger partial charge >= 0.3 is 0 Å². The van der Waals surface area contributed by atoms with E-state index in [0.29, 0.717) is 30.4 Å². The third-order valence-electron chi connectivity index (χ3n) is 4.37. The van der Waals surface area contributed by atoms with E-state index in [0.717, 1.165) is 17.8 Å². The average Bonchev–Trinajstić information content (AvgIpc) is 3.10. The Morgan fingerprint density at radius 1 is 1.15 bits per heavy atom. The molecule has 0 spiro atoms. The summed E-state index contributed by atoms with van der Waals surface area (Å²) in [6.07, 6.45) is 2.62. The van der Waals surface area contributed by atoms with Gasteiger partial charge in [0.25, 0.3) is 5.91 Å². The van der Waals surface area contributed by atoms with E-state index < -0.39 is 0 Å². The summed E-state index contributed by atoms with van der Waals surface area (Å²) in [6, 6.07) is 15.5. The number of benzene rings is 1. The molecule has 0 unspecified atom stereocenters. The quantitative estimate of drug-likeness (QED) is 0.787. The van der Waals surface area contributed by atoms with Gasteiger partial charge in [0.2, 0.25) is 0 Å². The molecular weight excluding hydrogens is 326 g/mol. The number of hydrogen-bond acceptors (Lipinski definition) is 5. The summed E-state index contributed by atoms with van der Waals surface area (Å²) < 4.78 is 0. The number of anilines is 2. The SMILES string of the molecule is Cc1nc(NCc2ccccn2)cc(C(=O)N2CCc3ccccc32)n1. The molecule has 0 radical (unpaired) electrons. The van der Waals surface area contributed by atoms with Gasteiger partial charge in [-0.15, -0.1) is 0 Å². The number of nitrogens with zero attached hydrogens (tertiary/aromatic N) is 4. The number of carbonyl (C=O) groups excluding carboxylic acids is 1. The van der Waals surface area contributed by atoms with Crippen molar-refractivity contribution in [1.82, 2.24) is 15.0 Å². The minimum absolute atomic E-state index is 0.0960. The summed E-state index contributed by atoms with van der Waals surface area (Å²) >= 11 is 0. The highest BCUT2D eigenvalue weighted by Gasteiger charge is 2.26. The van der Waals surface area contributed by atoms with Crippen LogP contribution in [0, 0.1) is 6.92 Å². The van der Waals surface area contributed by atoms with Gasteiger partial charge in [-0.2, -0.15) is 0 Å². The largest absolute Gasteiger partial charge is 0.364 e. The van der Waals surface area contributed by atoms with Crippen LogP contribution in [0.1, 0.15) is 27.6 Å². The molecule has 4 rings (SSSR count). The van der Waals surface area contributed by atoms with E-state index in [1.165, 1.54) is 5.56 Å². The van der Waals surface area contributed by atoms with Gasteiger partial charge in [-0.05, 0) is 37.1 Å². The van der Waals surface area contributed by atoms with E-state index in [-0.39, 0.29) is 5.91 Å². The van der Waals surface area contributed by atoms with Gasteiger partial charge in [-0.3, -0.25) is 9.78 Å². The number of aromatic nitrogens is 3. The second-order valence-electron chi connectivity index (χ2n) is 6.20. The molecule has 3 heterocycles. The van der Waals surface area contributed by atoms with Crippen LogP contribution in [0.4, 0.5) is 11.5 Å². The fraction of sp³-hybridized carbons (Fsp3) is 0.200. The molecule has 0 bridgehead atoms. The van der Waals surface area contributed by atoms with Crippen molar-refractivity contribution in [2.75, 3.05) is 16.8 Å². The summed E-state index contributed by atoms with van der Waals surface area (Å²) in [5, 5.41) is 3.22. The fourth-order valence-electron chi connectivity index (χ4n) is 3.14.